The van der Waals surface area contributed by atoms with Crippen molar-refractivity contribution in [3.63, 3.8) is 0 Å². The highest BCUT2D eigenvalue weighted by Gasteiger charge is 2.55. The van der Waals surface area contributed by atoms with Gasteiger partial charge < -0.3 is 9.80 Å². The van der Waals surface area contributed by atoms with Gasteiger partial charge in [-0.2, -0.15) is 0 Å². The number of benzene rings is 10. The van der Waals surface area contributed by atoms with Crippen LogP contribution in [0.2, 0.25) is 0 Å². The Balaban J connectivity index is 0.817. The lowest BCUT2D eigenvalue weighted by atomic mass is 9.63. The molecule has 2 unspecified atom stereocenters. The summed E-state index contributed by atoms with van der Waals surface area (Å²) < 4.78 is 0. The second kappa shape index (κ2) is 19.0. The summed E-state index contributed by atoms with van der Waals surface area (Å²) in [7, 11) is 0. The molecule has 2 atom stereocenters. The average molecular weight is 1140 g/mol. The molecule has 0 radical (unpaired) electrons. The summed E-state index contributed by atoms with van der Waals surface area (Å²) in [6.45, 7) is 0. The van der Waals surface area contributed by atoms with Gasteiger partial charge in [0.1, 0.15) is 0 Å². The molecule has 4 heterocycles. The average Bonchev–Trinajstić information content (AvgIpc) is 1.60. The third-order valence-corrected chi connectivity index (χ3v) is 20.9. The van der Waals surface area contributed by atoms with Gasteiger partial charge in [-0.05, 0) is 173 Å². The molecule has 12 aromatic rings. The maximum absolute atomic E-state index is 5.37. The molecule has 2 aromatic heterocycles. The number of nitrogens with zero attached hydrogens (tertiary/aromatic N) is 4. The molecule has 0 saturated heterocycles. The van der Waals surface area contributed by atoms with E-state index >= 15 is 0 Å². The molecule has 89 heavy (non-hydrogen) atoms. The molecule has 0 N–H and O–H groups in total. The van der Waals surface area contributed by atoms with E-state index in [2.05, 4.69) is 320 Å². The van der Waals surface area contributed by atoms with Crippen LogP contribution in [0.5, 0.6) is 0 Å². The fourth-order valence-corrected chi connectivity index (χ4v) is 17.7. The third kappa shape index (κ3) is 6.57. The fraction of sp³-hybridized carbons (Fsp3) is 0.0824. The molecule has 7 aliphatic rings. The van der Waals surface area contributed by atoms with Crippen molar-refractivity contribution < 1.29 is 0 Å². The largest absolute Gasteiger partial charge is 0.337 e. The number of anilines is 4. The number of para-hydroxylation sites is 4. The highest BCUT2D eigenvalue weighted by atomic mass is 15.2. The number of hydrogen-bond donors (Lipinski definition) is 0. The van der Waals surface area contributed by atoms with Crippen LogP contribution in [0, 0.1) is 0 Å². The van der Waals surface area contributed by atoms with E-state index in [0.29, 0.717) is 0 Å². The first-order valence-electron chi connectivity index (χ1n) is 31.4. The van der Waals surface area contributed by atoms with Gasteiger partial charge in [0.25, 0.3) is 0 Å². The zero-order valence-electron chi connectivity index (χ0n) is 48.9. The van der Waals surface area contributed by atoms with Crippen LogP contribution in [-0.4, -0.2) is 16.0 Å². The summed E-state index contributed by atoms with van der Waals surface area (Å²) in [5, 5.41) is 0. The van der Waals surface area contributed by atoms with Crippen molar-refractivity contribution in [2.24, 2.45) is 0 Å². The van der Waals surface area contributed by atoms with Gasteiger partial charge in [-0.15, -0.1) is 0 Å². The van der Waals surface area contributed by atoms with Crippen LogP contribution >= 0.6 is 0 Å². The molecule has 0 fully saturated rings. The minimum atomic E-state index is -0.795. The molecule has 418 valence electrons. The van der Waals surface area contributed by atoms with Gasteiger partial charge in [0.15, 0.2) is 0 Å². The van der Waals surface area contributed by atoms with Crippen LogP contribution in [0.3, 0.4) is 0 Å². The summed E-state index contributed by atoms with van der Waals surface area (Å²) in [6, 6.07) is 93.9. The van der Waals surface area contributed by atoms with Crippen LogP contribution in [0.15, 0.2) is 321 Å². The van der Waals surface area contributed by atoms with E-state index in [0.717, 1.165) is 52.8 Å². The Morgan fingerprint density at radius 3 is 1.37 bits per heavy atom. The summed E-state index contributed by atoms with van der Waals surface area (Å²) in [5.74, 6) is 0. The molecular formula is C85H58N4. The lowest BCUT2D eigenvalue weighted by molar-refractivity contribution is 0.639. The number of fused-ring (bicyclic) bond motifs is 20. The van der Waals surface area contributed by atoms with E-state index in [1.165, 1.54) is 117 Å². The Labute approximate surface area is 519 Å². The van der Waals surface area contributed by atoms with E-state index < -0.39 is 16.2 Å². The molecule has 0 amide bonds. The Morgan fingerprint density at radius 2 is 0.809 bits per heavy atom. The van der Waals surface area contributed by atoms with Crippen molar-refractivity contribution in [3.05, 3.63) is 382 Å². The maximum atomic E-state index is 5.37. The minimum Gasteiger partial charge on any atom is -0.337 e. The van der Waals surface area contributed by atoms with E-state index in [-0.39, 0.29) is 6.04 Å². The number of pyridine rings is 2. The molecule has 0 bridgehead atoms. The summed E-state index contributed by atoms with van der Waals surface area (Å²) >= 11 is 0. The molecule has 4 nitrogen and oxygen atoms in total. The normalized spacial score (nSPS) is 18.3. The van der Waals surface area contributed by atoms with Crippen molar-refractivity contribution in [3.8, 4) is 55.6 Å². The van der Waals surface area contributed by atoms with Crippen molar-refractivity contribution >= 4 is 22.7 Å². The number of hydrogen-bond acceptors (Lipinski definition) is 4. The van der Waals surface area contributed by atoms with Gasteiger partial charge in [-0.3, -0.25) is 9.97 Å². The highest BCUT2D eigenvalue weighted by Crippen LogP contribution is 2.67. The monoisotopic (exact) mass is 1130 g/mol. The zero-order valence-corrected chi connectivity index (χ0v) is 48.9. The van der Waals surface area contributed by atoms with Crippen molar-refractivity contribution in [2.75, 3.05) is 9.80 Å². The minimum absolute atomic E-state index is 0.239. The van der Waals surface area contributed by atoms with Gasteiger partial charge in [0.05, 0.1) is 33.7 Å². The number of allylic oxidation sites excluding steroid dienone is 6. The van der Waals surface area contributed by atoms with Crippen molar-refractivity contribution in [1.82, 2.24) is 9.97 Å². The second-order valence-corrected chi connectivity index (χ2v) is 24.8. The summed E-state index contributed by atoms with van der Waals surface area (Å²) in [6.07, 6.45) is 25.5. The van der Waals surface area contributed by atoms with Crippen LogP contribution in [0.1, 0.15) is 80.5 Å². The van der Waals surface area contributed by atoms with Crippen LogP contribution in [-0.2, 0) is 16.2 Å². The Morgan fingerprint density at radius 1 is 0.360 bits per heavy atom. The predicted octanol–water partition coefficient (Wildman–Crippen LogP) is 19.9. The number of aromatic nitrogens is 2. The molecule has 19 rings (SSSR count). The van der Waals surface area contributed by atoms with Gasteiger partial charge in [0, 0.05) is 53.0 Å². The smallest absolute Gasteiger partial charge is 0.0754 e. The standard InChI is InChI=1S/C85H58N4/c1-3-25-59(26-4-1)88-77-45-19-15-39-71(77)84(72-40-16-20-46-78(72)88)69-37-13-9-31-65(69)81-61(33-23-43-75(81)84)55-49-57(53-86-51-55)83(67-35-11-7-29-63(67)64-30-8-12-36-68(64)83)58-50-56(52-87-54-58)62-34-24-44-76-82(62)66-32-10-14-38-70(66)85(76)73-41-17-21-47-79(73)89(60-27-5-2-6-28-60)80-48-22-18-42-74(80)85/h1-21,23-27,29-47,49-54,60H,22,28,48H2. The Bertz CT molecular complexity index is 5020. The molecule has 2 spiro atoms. The molecule has 10 aromatic carbocycles. The second-order valence-electron chi connectivity index (χ2n) is 24.8. The van der Waals surface area contributed by atoms with Gasteiger partial charge in [-0.25, -0.2) is 0 Å². The fourth-order valence-electron chi connectivity index (χ4n) is 17.7. The Hall–Kier alpha value is -10.9. The molecular weight excluding hydrogens is 1080 g/mol. The third-order valence-electron chi connectivity index (χ3n) is 20.9. The van der Waals surface area contributed by atoms with Gasteiger partial charge in [-0.1, -0.05) is 243 Å². The topological polar surface area (TPSA) is 32.3 Å². The van der Waals surface area contributed by atoms with Gasteiger partial charge in [0.2, 0.25) is 0 Å². The first-order chi connectivity index (χ1) is 44.2. The molecule has 2 aliphatic heterocycles. The molecule has 4 heteroatoms. The van der Waals surface area contributed by atoms with Crippen LogP contribution in [0.25, 0.3) is 55.6 Å². The van der Waals surface area contributed by atoms with Crippen molar-refractivity contribution in [1.29, 1.82) is 0 Å². The quantitative estimate of drug-likeness (QED) is 0.166. The molecule has 0 saturated carbocycles. The van der Waals surface area contributed by atoms with E-state index in [9.17, 15) is 0 Å². The van der Waals surface area contributed by atoms with E-state index in [4.69, 9.17) is 9.97 Å². The Kier molecular flexibility index (Phi) is 10.7. The van der Waals surface area contributed by atoms with E-state index in [1.54, 1.807) is 0 Å². The lowest BCUT2D eigenvalue weighted by Crippen LogP contribution is -2.44. The lowest BCUT2D eigenvalue weighted by Gasteiger charge is -2.49. The highest BCUT2D eigenvalue weighted by molar-refractivity contribution is 6.02. The predicted molar refractivity (Wildman–Crippen MR) is 362 cm³/mol. The summed E-state index contributed by atoms with van der Waals surface area (Å²) in [5.41, 5.74) is 31.3. The number of rotatable bonds is 6. The van der Waals surface area contributed by atoms with Gasteiger partial charge >= 0.3 is 0 Å². The van der Waals surface area contributed by atoms with Crippen LogP contribution in [0.4, 0.5) is 22.7 Å². The first-order valence-corrected chi connectivity index (χ1v) is 31.4. The summed E-state index contributed by atoms with van der Waals surface area (Å²) in [4.78, 5) is 15.9. The zero-order chi connectivity index (χ0) is 58.4. The SMILES string of the molecule is C1=CCC(N2C3=C(C=CCC3)C3(c4ccccc4-c4c(-c5cncc(C6(c7cncc(-c8cccc9c8-c8ccccc8C98c9ccccc9N(c9ccccc9)c9ccccc98)c7)c7ccccc7-c7ccccc76)c5)cccc43)c3ccccc32)C=C1. The van der Waals surface area contributed by atoms with Crippen molar-refractivity contribution in [2.45, 2.75) is 41.5 Å². The van der Waals surface area contributed by atoms with E-state index in [1.807, 2.05) is 0 Å². The molecule has 5 aliphatic carbocycles. The first kappa shape index (κ1) is 50.2. The maximum Gasteiger partial charge on any atom is 0.0754 e. The van der Waals surface area contributed by atoms with Crippen LogP contribution < -0.4 is 9.80 Å².